The smallest absolute Gasteiger partial charge is 0.415 e. The number of cyclic esters (lactones) is 1. The van der Waals surface area contributed by atoms with E-state index in [1.807, 2.05) is 30.3 Å². The fourth-order valence-corrected chi connectivity index (χ4v) is 3.59. The van der Waals surface area contributed by atoms with Crippen molar-refractivity contribution in [2.75, 3.05) is 4.90 Å². The molecule has 2 N–H and O–H groups in total. The third kappa shape index (κ3) is 2.34. The lowest BCUT2D eigenvalue weighted by molar-refractivity contribution is -0.125. The normalized spacial score (nSPS) is 20.3. The first-order valence-corrected chi connectivity index (χ1v) is 8.24. The van der Waals surface area contributed by atoms with Crippen molar-refractivity contribution in [1.29, 1.82) is 0 Å². The Hall–Kier alpha value is -3.82. The molecule has 0 spiro atoms. The van der Waals surface area contributed by atoms with E-state index in [1.165, 1.54) is 15.9 Å². The van der Waals surface area contributed by atoms with E-state index in [1.54, 1.807) is 6.20 Å². The van der Waals surface area contributed by atoms with Gasteiger partial charge in [0.15, 0.2) is 5.82 Å². The number of carbonyl (C=O) groups is 2. The highest BCUT2D eigenvalue weighted by Crippen LogP contribution is 2.40. The first-order chi connectivity index (χ1) is 13.1. The second-order valence-corrected chi connectivity index (χ2v) is 6.35. The third-order valence-corrected chi connectivity index (χ3v) is 4.82. The summed E-state index contributed by atoms with van der Waals surface area (Å²) in [5.74, 6) is -0.0242. The van der Waals surface area contributed by atoms with Crippen LogP contribution >= 0.6 is 0 Å². The van der Waals surface area contributed by atoms with Gasteiger partial charge in [0.1, 0.15) is 6.33 Å². The SMILES string of the molecule is NC(=O)[C@@H]1OC(=O)N2c3ccc(-c4ccc(-n5cnnn5)nc4)cc3CC12. The van der Waals surface area contributed by atoms with Crippen LogP contribution in [0, 0.1) is 0 Å². The minimum absolute atomic E-state index is 0.388. The van der Waals surface area contributed by atoms with Gasteiger partial charge in [0.25, 0.3) is 5.91 Å². The van der Waals surface area contributed by atoms with E-state index in [4.69, 9.17) is 10.5 Å². The topological polar surface area (TPSA) is 129 Å². The van der Waals surface area contributed by atoms with Crippen molar-refractivity contribution in [3.8, 4) is 16.9 Å². The maximum atomic E-state index is 12.1. The van der Waals surface area contributed by atoms with Crippen molar-refractivity contribution in [2.45, 2.75) is 18.6 Å². The zero-order chi connectivity index (χ0) is 18.5. The quantitative estimate of drug-likeness (QED) is 0.715. The van der Waals surface area contributed by atoms with Gasteiger partial charge in [-0.15, -0.1) is 5.10 Å². The monoisotopic (exact) mass is 363 g/mol. The number of ether oxygens (including phenoxy) is 1. The molecule has 3 aromatic rings. The van der Waals surface area contributed by atoms with Gasteiger partial charge in [0.2, 0.25) is 6.10 Å². The molecule has 1 fully saturated rings. The van der Waals surface area contributed by atoms with Crippen molar-refractivity contribution in [1.82, 2.24) is 25.2 Å². The molecule has 5 rings (SSSR count). The number of nitrogens with zero attached hydrogens (tertiary/aromatic N) is 6. The van der Waals surface area contributed by atoms with Crippen molar-refractivity contribution >= 4 is 17.7 Å². The van der Waals surface area contributed by atoms with Gasteiger partial charge in [-0.1, -0.05) is 6.07 Å². The molecule has 4 heterocycles. The molecule has 2 aliphatic heterocycles. The number of anilines is 1. The van der Waals surface area contributed by atoms with E-state index in [0.717, 1.165) is 22.4 Å². The summed E-state index contributed by atoms with van der Waals surface area (Å²) in [6.45, 7) is 0. The van der Waals surface area contributed by atoms with Crippen molar-refractivity contribution in [3.05, 3.63) is 48.4 Å². The third-order valence-electron chi connectivity index (χ3n) is 4.82. The molecule has 0 radical (unpaired) electrons. The zero-order valence-electron chi connectivity index (χ0n) is 13.9. The molecular formula is C17H13N7O3. The number of aromatic nitrogens is 5. The Morgan fingerprint density at radius 2 is 2.07 bits per heavy atom. The van der Waals surface area contributed by atoms with E-state index in [-0.39, 0.29) is 6.04 Å². The van der Waals surface area contributed by atoms with E-state index in [9.17, 15) is 9.59 Å². The number of nitrogens with two attached hydrogens (primary N) is 1. The van der Waals surface area contributed by atoms with Crippen molar-refractivity contribution in [2.24, 2.45) is 5.73 Å². The lowest BCUT2D eigenvalue weighted by atomic mass is 10.0. The van der Waals surface area contributed by atoms with E-state index >= 15 is 0 Å². The second kappa shape index (κ2) is 5.59. The predicted octanol–water partition coefficient (Wildman–Crippen LogP) is 0.459. The first-order valence-electron chi connectivity index (χ1n) is 8.24. The number of benzene rings is 1. The lowest BCUT2D eigenvalue weighted by Crippen LogP contribution is -2.40. The number of rotatable bonds is 3. The Kier molecular flexibility index (Phi) is 3.20. The van der Waals surface area contributed by atoms with Crippen LogP contribution in [-0.2, 0) is 16.0 Å². The molecule has 1 unspecified atom stereocenters. The van der Waals surface area contributed by atoms with Gasteiger partial charge in [-0.05, 0) is 52.2 Å². The van der Waals surface area contributed by atoms with Crippen LogP contribution in [0.25, 0.3) is 16.9 Å². The Morgan fingerprint density at radius 3 is 2.78 bits per heavy atom. The number of fused-ring (bicyclic) bond motifs is 3. The summed E-state index contributed by atoms with van der Waals surface area (Å²) in [6.07, 6.45) is 2.25. The van der Waals surface area contributed by atoms with Crippen molar-refractivity contribution < 1.29 is 14.3 Å². The maximum absolute atomic E-state index is 12.1. The van der Waals surface area contributed by atoms with Crippen LogP contribution in [0.1, 0.15) is 5.56 Å². The molecule has 2 aromatic heterocycles. The number of hydrogen-bond acceptors (Lipinski definition) is 7. The maximum Gasteiger partial charge on any atom is 0.415 e. The highest BCUT2D eigenvalue weighted by atomic mass is 16.6. The summed E-state index contributed by atoms with van der Waals surface area (Å²) in [5, 5.41) is 11.0. The number of primary amides is 1. The largest absolute Gasteiger partial charge is 0.433 e. The van der Waals surface area contributed by atoms with E-state index < -0.39 is 18.1 Å². The molecule has 134 valence electrons. The summed E-state index contributed by atoms with van der Waals surface area (Å²) in [5.41, 5.74) is 8.93. The van der Waals surface area contributed by atoms with Crippen LogP contribution in [0.15, 0.2) is 42.9 Å². The Balaban J connectivity index is 1.46. The van der Waals surface area contributed by atoms with Gasteiger partial charge in [-0.3, -0.25) is 9.69 Å². The second-order valence-electron chi connectivity index (χ2n) is 6.35. The molecule has 1 saturated heterocycles. The lowest BCUT2D eigenvalue weighted by Gasteiger charge is -2.14. The number of amides is 2. The highest BCUT2D eigenvalue weighted by molar-refractivity contribution is 5.99. The number of carbonyl (C=O) groups excluding carboxylic acids is 2. The van der Waals surface area contributed by atoms with Crippen LogP contribution in [0.3, 0.4) is 0 Å². The minimum Gasteiger partial charge on any atom is -0.433 e. The van der Waals surface area contributed by atoms with Gasteiger partial charge in [0, 0.05) is 11.8 Å². The van der Waals surface area contributed by atoms with Crippen LogP contribution in [0.2, 0.25) is 0 Å². The first kappa shape index (κ1) is 15.4. The van der Waals surface area contributed by atoms with Crippen LogP contribution in [-0.4, -0.2) is 49.3 Å². The average molecular weight is 363 g/mol. The Bertz CT molecular complexity index is 1050. The van der Waals surface area contributed by atoms with Crippen LogP contribution in [0.4, 0.5) is 10.5 Å². The average Bonchev–Trinajstić information content (AvgIpc) is 3.38. The molecule has 10 heteroatoms. The molecular weight excluding hydrogens is 350 g/mol. The minimum atomic E-state index is -0.925. The molecule has 2 aliphatic rings. The van der Waals surface area contributed by atoms with Crippen molar-refractivity contribution in [3.63, 3.8) is 0 Å². The van der Waals surface area contributed by atoms with Crippen LogP contribution < -0.4 is 10.6 Å². The van der Waals surface area contributed by atoms with E-state index in [2.05, 4.69) is 20.5 Å². The van der Waals surface area contributed by atoms with Gasteiger partial charge in [-0.25, -0.2) is 9.78 Å². The van der Waals surface area contributed by atoms with Gasteiger partial charge in [-0.2, -0.15) is 4.68 Å². The number of tetrazole rings is 1. The molecule has 27 heavy (non-hydrogen) atoms. The van der Waals surface area contributed by atoms with E-state index in [0.29, 0.717) is 12.2 Å². The molecule has 0 aliphatic carbocycles. The summed E-state index contributed by atoms with van der Waals surface area (Å²) < 4.78 is 6.56. The Morgan fingerprint density at radius 1 is 1.22 bits per heavy atom. The molecule has 1 aromatic carbocycles. The summed E-state index contributed by atoms with van der Waals surface area (Å²) in [6, 6.07) is 9.09. The highest BCUT2D eigenvalue weighted by Gasteiger charge is 2.49. The fraction of sp³-hybridized carbons (Fsp3) is 0.176. The standard InChI is InChI=1S/C17H13N7O3/c18-16(25)15-13-6-11-5-9(1-3-12(11)24(13)17(26)27-15)10-2-4-14(19-7-10)23-8-20-21-22-23/h1-5,7-8,13,15H,6H2,(H2,18,25)/t13?,15-/m1/s1. The zero-order valence-corrected chi connectivity index (χ0v) is 13.9. The molecule has 2 amide bonds. The molecule has 2 atom stereocenters. The van der Waals surface area contributed by atoms with Gasteiger partial charge >= 0.3 is 6.09 Å². The number of pyridine rings is 1. The van der Waals surface area contributed by atoms with Crippen LogP contribution in [0.5, 0.6) is 0 Å². The van der Waals surface area contributed by atoms with Gasteiger partial charge in [0.05, 0.1) is 11.7 Å². The number of hydrogen-bond donors (Lipinski definition) is 1. The van der Waals surface area contributed by atoms with Gasteiger partial charge < -0.3 is 10.5 Å². The Labute approximate surface area is 152 Å². The predicted molar refractivity (Wildman–Crippen MR) is 91.8 cm³/mol. The molecule has 0 saturated carbocycles. The summed E-state index contributed by atoms with van der Waals surface area (Å²) >= 11 is 0. The fourth-order valence-electron chi connectivity index (χ4n) is 3.59. The summed E-state index contributed by atoms with van der Waals surface area (Å²) in [4.78, 5) is 29.5. The molecule has 0 bridgehead atoms. The summed E-state index contributed by atoms with van der Waals surface area (Å²) in [7, 11) is 0. The molecule has 10 nitrogen and oxygen atoms in total.